The summed E-state index contributed by atoms with van der Waals surface area (Å²) in [5.74, 6) is 4.62. The van der Waals surface area contributed by atoms with E-state index in [-0.39, 0.29) is 0 Å². The third-order valence-corrected chi connectivity index (χ3v) is 3.48. The van der Waals surface area contributed by atoms with Gasteiger partial charge in [0.25, 0.3) is 0 Å². The van der Waals surface area contributed by atoms with Crippen LogP contribution in [0.1, 0.15) is 52.4 Å². The minimum atomic E-state index is 0.298. The van der Waals surface area contributed by atoms with E-state index in [0.29, 0.717) is 6.04 Å². The summed E-state index contributed by atoms with van der Waals surface area (Å²) in [6, 6.07) is 0.298. The highest BCUT2D eigenvalue weighted by atomic mass is 14.9. The summed E-state index contributed by atoms with van der Waals surface area (Å²) in [6.45, 7) is 5.69. The van der Waals surface area contributed by atoms with Crippen molar-refractivity contribution in [1.29, 1.82) is 0 Å². The van der Waals surface area contributed by atoms with Crippen LogP contribution in [0.5, 0.6) is 0 Å². The minimum absolute atomic E-state index is 0.298. The third kappa shape index (κ3) is 4.71. The van der Waals surface area contributed by atoms with Gasteiger partial charge in [-0.25, -0.2) is 0 Å². The molecular formula is C14H25N. The molecule has 1 fully saturated rings. The fourth-order valence-electron chi connectivity index (χ4n) is 2.59. The van der Waals surface area contributed by atoms with E-state index in [1.54, 1.807) is 0 Å². The van der Waals surface area contributed by atoms with Crippen molar-refractivity contribution in [2.24, 2.45) is 11.8 Å². The van der Waals surface area contributed by atoms with Crippen LogP contribution in [0.4, 0.5) is 0 Å². The second kappa shape index (κ2) is 6.90. The summed E-state index contributed by atoms with van der Waals surface area (Å²) in [6.07, 6.45) is 13.4. The molecule has 0 bridgehead atoms. The maximum atomic E-state index is 5.49. The predicted octanol–water partition coefficient (Wildman–Crippen LogP) is 3.20. The Balaban J connectivity index is 2.20. The molecule has 1 rings (SSSR count). The van der Waals surface area contributed by atoms with Crippen LogP contribution in [0.25, 0.3) is 0 Å². The van der Waals surface area contributed by atoms with Gasteiger partial charge in [-0.3, -0.25) is 0 Å². The van der Waals surface area contributed by atoms with Gasteiger partial charge in [-0.1, -0.05) is 39.0 Å². The van der Waals surface area contributed by atoms with Gasteiger partial charge in [-0.15, -0.1) is 6.42 Å². The van der Waals surface area contributed by atoms with Crippen LogP contribution in [0, 0.1) is 24.2 Å². The zero-order valence-electron chi connectivity index (χ0n) is 10.3. The highest BCUT2D eigenvalue weighted by Gasteiger charge is 2.19. The number of hydrogen-bond acceptors (Lipinski definition) is 1. The Morgan fingerprint density at radius 3 is 2.87 bits per heavy atom. The molecular weight excluding hydrogens is 182 g/mol. The number of nitrogens with one attached hydrogen (secondary N) is 1. The highest BCUT2D eigenvalue weighted by molar-refractivity contribution is 4.98. The Morgan fingerprint density at radius 2 is 2.27 bits per heavy atom. The van der Waals surface area contributed by atoms with Gasteiger partial charge in [-0.05, 0) is 37.6 Å². The zero-order chi connectivity index (χ0) is 11.1. The van der Waals surface area contributed by atoms with Crippen LogP contribution in [-0.4, -0.2) is 12.6 Å². The van der Waals surface area contributed by atoms with Gasteiger partial charge in [0.15, 0.2) is 0 Å². The lowest BCUT2D eigenvalue weighted by atomic mass is 9.82. The van der Waals surface area contributed by atoms with Gasteiger partial charge in [0, 0.05) is 0 Å². The fraction of sp³-hybridized carbons (Fsp3) is 0.857. The first-order chi connectivity index (χ1) is 7.26. The molecule has 86 valence electrons. The van der Waals surface area contributed by atoms with Crippen molar-refractivity contribution in [2.45, 2.75) is 58.4 Å². The summed E-state index contributed by atoms with van der Waals surface area (Å²) >= 11 is 0. The van der Waals surface area contributed by atoms with E-state index in [0.717, 1.165) is 24.8 Å². The zero-order valence-corrected chi connectivity index (χ0v) is 10.3. The van der Waals surface area contributed by atoms with E-state index in [1.807, 2.05) is 0 Å². The van der Waals surface area contributed by atoms with Gasteiger partial charge >= 0.3 is 0 Å². The Kier molecular flexibility index (Phi) is 5.79. The molecule has 0 aromatic heterocycles. The van der Waals surface area contributed by atoms with E-state index in [4.69, 9.17) is 6.42 Å². The molecule has 15 heavy (non-hydrogen) atoms. The van der Waals surface area contributed by atoms with E-state index in [1.165, 1.54) is 32.1 Å². The summed E-state index contributed by atoms with van der Waals surface area (Å²) in [4.78, 5) is 0. The first-order valence-electron chi connectivity index (χ1n) is 6.45. The Labute approximate surface area is 95.0 Å². The summed E-state index contributed by atoms with van der Waals surface area (Å²) in [5, 5.41) is 3.52. The lowest BCUT2D eigenvalue weighted by Crippen LogP contribution is -2.33. The standard InChI is InChI=1S/C14H25N/c1-4-7-14(5-2)15-11-13-9-6-8-12(3)10-13/h2,12-15H,4,6-11H2,1,3H3. The monoisotopic (exact) mass is 207 g/mol. The van der Waals surface area contributed by atoms with Crippen LogP contribution in [0.2, 0.25) is 0 Å². The van der Waals surface area contributed by atoms with Gasteiger partial charge < -0.3 is 5.32 Å². The number of rotatable bonds is 5. The van der Waals surface area contributed by atoms with Crippen molar-refractivity contribution in [3.05, 3.63) is 0 Å². The van der Waals surface area contributed by atoms with Crippen molar-refractivity contribution in [1.82, 2.24) is 5.32 Å². The molecule has 3 unspecified atom stereocenters. The van der Waals surface area contributed by atoms with Crippen molar-refractivity contribution in [3.63, 3.8) is 0 Å². The maximum absolute atomic E-state index is 5.49. The molecule has 0 aromatic rings. The summed E-state index contributed by atoms with van der Waals surface area (Å²) < 4.78 is 0. The van der Waals surface area contributed by atoms with Crippen molar-refractivity contribution in [2.75, 3.05) is 6.54 Å². The van der Waals surface area contributed by atoms with E-state index >= 15 is 0 Å². The quantitative estimate of drug-likeness (QED) is 0.683. The average molecular weight is 207 g/mol. The Morgan fingerprint density at radius 1 is 1.47 bits per heavy atom. The first kappa shape index (κ1) is 12.6. The van der Waals surface area contributed by atoms with Crippen LogP contribution >= 0.6 is 0 Å². The van der Waals surface area contributed by atoms with Crippen molar-refractivity contribution < 1.29 is 0 Å². The Hall–Kier alpha value is -0.480. The molecule has 0 heterocycles. The van der Waals surface area contributed by atoms with Crippen molar-refractivity contribution in [3.8, 4) is 12.3 Å². The molecule has 0 radical (unpaired) electrons. The second-order valence-electron chi connectivity index (χ2n) is 5.05. The molecule has 0 spiro atoms. The summed E-state index contributed by atoms with van der Waals surface area (Å²) in [5.41, 5.74) is 0. The van der Waals surface area contributed by atoms with Gasteiger partial charge in [0.1, 0.15) is 0 Å². The molecule has 1 heteroatoms. The molecule has 0 aliphatic heterocycles. The SMILES string of the molecule is C#CC(CCC)NCC1CCCC(C)C1. The average Bonchev–Trinajstić information content (AvgIpc) is 2.24. The van der Waals surface area contributed by atoms with Crippen LogP contribution in [0.15, 0.2) is 0 Å². The third-order valence-electron chi connectivity index (χ3n) is 3.48. The Bertz CT molecular complexity index is 204. The smallest absolute Gasteiger partial charge is 0.0686 e. The molecule has 3 atom stereocenters. The van der Waals surface area contributed by atoms with Gasteiger partial charge in [0.05, 0.1) is 6.04 Å². The molecule has 1 nitrogen and oxygen atoms in total. The first-order valence-corrected chi connectivity index (χ1v) is 6.45. The summed E-state index contributed by atoms with van der Waals surface area (Å²) in [7, 11) is 0. The van der Waals surface area contributed by atoms with Gasteiger partial charge in [-0.2, -0.15) is 0 Å². The lowest BCUT2D eigenvalue weighted by Gasteiger charge is -2.27. The molecule has 1 saturated carbocycles. The second-order valence-corrected chi connectivity index (χ2v) is 5.05. The highest BCUT2D eigenvalue weighted by Crippen LogP contribution is 2.27. The van der Waals surface area contributed by atoms with E-state index in [9.17, 15) is 0 Å². The molecule has 1 aliphatic carbocycles. The largest absolute Gasteiger partial charge is 0.303 e. The topological polar surface area (TPSA) is 12.0 Å². The van der Waals surface area contributed by atoms with Gasteiger partial charge in [0.2, 0.25) is 0 Å². The van der Waals surface area contributed by atoms with Crippen LogP contribution in [0.3, 0.4) is 0 Å². The number of terminal acetylenes is 1. The van der Waals surface area contributed by atoms with Crippen LogP contribution < -0.4 is 5.32 Å². The van der Waals surface area contributed by atoms with E-state index in [2.05, 4.69) is 25.1 Å². The minimum Gasteiger partial charge on any atom is -0.303 e. The predicted molar refractivity (Wildman–Crippen MR) is 66.7 cm³/mol. The maximum Gasteiger partial charge on any atom is 0.0686 e. The molecule has 0 amide bonds. The van der Waals surface area contributed by atoms with Crippen molar-refractivity contribution >= 4 is 0 Å². The lowest BCUT2D eigenvalue weighted by molar-refractivity contribution is 0.270. The molecule has 1 N–H and O–H groups in total. The molecule has 0 saturated heterocycles. The number of hydrogen-bond donors (Lipinski definition) is 1. The fourth-order valence-corrected chi connectivity index (χ4v) is 2.59. The molecule has 1 aliphatic rings. The van der Waals surface area contributed by atoms with Crippen LogP contribution in [-0.2, 0) is 0 Å². The normalized spacial score (nSPS) is 28.3. The molecule has 0 aromatic carbocycles. The van der Waals surface area contributed by atoms with E-state index < -0.39 is 0 Å².